The maximum absolute atomic E-state index is 12.5. The third-order valence-electron chi connectivity index (χ3n) is 4.20. The molecule has 126 valence electrons. The SMILES string of the molecule is C#CC(CC)(CC)NC(=O)Cn1c(-c2cccc(C)c2)n[nH]c1=S. The first kappa shape index (κ1) is 18.0. The molecule has 0 unspecified atom stereocenters. The zero-order valence-electron chi connectivity index (χ0n) is 14.2. The van der Waals surface area contributed by atoms with Gasteiger partial charge in [0, 0.05) is 5.56 Å². The molecule has 0 saturated carbocycles. The summed E-state index contributed by atoms with van der Waals surface area (Å²) in [5.74, 6) is 3.16. The van der Waals surface area contributed by atoms with Gasteiger partial charge in [-0.15, -0.1) is 6.42 Å². The maximum atomic E-state index is 12.5. The van der Waals surface area contributed by atoms with Crippen molar-refractivity contribution in [1.82, 2.24) is 20.1 Å². The quantitative estimate of drug-likeness (QED) is 0.626. The largest absolute Gasteiger partial charge is 0.338 e. The number of amides is 1. The van der Waals surface area contributed by atoms with Crippen molar-refractivity contribution in [2.24, 2.45) is 0 Å². The summed E-state index contributed by atoms with van der Waals surface area (Å²) < 4.78 is 2.09. The molecule has 0 aliphatic heterocycles. The molecule has 0 saturated heterocycles. The maximum Gasteiger partial charge on any atom is 0.241 e. The van der Waals surface area contributed by atoms with Gasteiger partial charge in [0.05, 0.1) is 0 Å². The number of benzene rings is 1. The topological polar surface area (TPSA) is 62.7 Å². The van der Waals surface area contributed by atoms with Crippen LogP contribution >= 0.6 is 12.2 Å². The van der Waals surface area contributed by atoms with Crippen molar-refractivity contribution in [3.63, 3.8) is 0 Å². The van der Waals surface area contributed by atoms with Gasteiger partial charge in [0.2, 0.25) is 5.91 Å². The fourth-order valence-corrected chi connectivity index (χ4v) is 2.78. The summed E-state index contributed by atoms with van der Waals surface area (Å²) in [6.45, 7) is 6.00. The second kappa shape index (κ2) is 7.45. The summed E-state index contributed by atoms with van der Waals surface area (Å²) in [6.07, 6.45) is 6.96. The lowest BCUT2D eigenvalue weighted by molar-refractivity contribution is -0.123. The first-order valence-electron chi connectivity index (χ1n) is 7.95. The number of carbonyl (C=O) groups excluding carboxylic acids is 1. The summed E-state index contributed by atoms with van der Waals surface area (Å²) in [6, 6.07) is 7.90. The van der Waals surface area contributed by atoms with Crippen LogP contribution in [-0.4, -0.2) is 26.2 Å². The Morgan fingerprint density at radius 3 is 2.75 bits per heavy atom. The van der Waals surface area contributed by atoms with Gasteiger partial charge in [-0.2, -0.15) is 5.10 Å². The zero-order chi connectivity index (χ0) is 17.7. The minimum absolute atomic E-state index is 0.0715. The van der Waals surface area contributed by atoms with E-state index in [-0.39, 0.29) is 12.5 Å². The predicted octanol–water partition coefficient (Wildman–Crippen LogP) is 3.22. The predicted molar refractivity (Wildman–Crippen MR) is 97.9 cm³/mol. The third kappa shape index (κ3) is 3.74. The second-order valence-corrected chi connectivity index (χ2v) is 6.18. The van der Waals surface area contributed by atoms with Gasteiger partial charge in [-0.3, -0.25) is 14.5 Å². The summed E-state index contributed by atoms with van der Waals surface area (Å²) in [5, 5.41) is 9.97. The van der Waals surface area contributed by atoms with Crippen molar-refractivity contribution in [2.75, 3.05) is 0 Å². The lowest BCUT2D eigenvalue weighted by atomic mass is 9.94. The van der Waals surface area contributed by atoms with Crippen LogP contribution in [0.5, 0.6) is 0 Å². The highest BCUT2D eigenvalue weighted by Gasteiger charge is 2.25. The number of carbonyl (C=O) groups is 1. The Morgan fingerprint density at radius 1 is 1.46 bits per heavy atom. The Labute approximate surface area is 147 Å². The Hall–Kier alpha value is -2.39. The molecule has 0 spiro atoms. The Kier molecular flexibility index (Phi) is 5.58. The van der Waals surface area contributed by atoms with E-state index >= 15 is 0 Å². The molecule has 24 heavy (non-hydrogen) atoms. The van der Waals surface area contributed by atoms with Crippen LogP contribution in [0.1, 0.15) is 32.3 Å². The van der Waals surface area contributed by atoms with Crippen LogP contribution in [0.15, 0.2) is 24.3 Å². The lowest BCUT2D eigenvalue weighted by Gasteiger charge is -2.27. The van der Waals surface area contributed by atoms with Crippen LogP contribution in [0.4, 0.5) is 0 Å². The molecule has 0 atom stereocenters. The number of H-pyrrole nitrogens is 1. The molecule has 6 heteroatoms. The smallest absolute Gasteiger partial charge is 0.241 e. The molecule has 2 rings (SSSR count). The van der Waals surface area contributed by atoms with Crippen molar-refractivity contribution < 1.29 is 4.79 Å². The molecule has 1 aromatic heterocycles. The minimum atomic E-state index is -0.619. The monoisotopic (exact) mass is 342 g/mol. The summed E-state index contributed by atoms with van der Waals surface area (Å²) in [5.41, 5.74) is 1.40. The Balaban J connectivity index is 2.28. The van der Waals surface area contributed by atoms with Crippen LogP contribution in [-0.2, 0) is 11.3 Å². The third-order valence-corrected chi connectivity index (χ3v) is 4.51. The van der Waals surface area contributed by atoms with E-state index < -0.39 is 5.54 Å². The normalized spacial score (nSPS) is 11.1. The molecule has 1 heterocycles. The first-order chi connectivity index (χ1) is 11.4. The molecule has 0 bridgehead atoms. The molecular formula is C18H22N4OS. The number of terminal acetylenes is 1. The number of rotatable bonds is 6. The number of hydrogen-bond donors (Lipinski definition) is 2. The van der Waals surface area contributed by atoms with Crippen LogP contribution < -0.4 is 5.32 Å². The molecule has 2 N–H and O–H groups in total. The van der Waals surface area contributed by atoms with Crippen LogP contribution in [0.25, 0.3) is 11.4 Å². The van der Waals surface area contributed by atoms with E-state index in [9.17, 15) is 4.79 Å². The van der Waals surface area contributed by atoms with Gasteiger partial charge in [0.15, 0.2) is 10.6 Å². The van der Waals surface area contributed by atoms with Crippen molar-refractivity contribution in [2.45, 2.75) is 45.7 Å². The lowest BCUT2D eigenvalue weighted by Crippen LogP contribution is -2.47. The van der Waals surface area contributed by atoms with Gasteiger partial charge in [0.1, 0.15) is 12.1 Å². The van der Waals surface area contributed by atoms with E-state index in [1.165, 1.54) is 0 Å². The molecule has 1 amide bonds. The van der Waals surface area contributed by atoms with E-state index in [2.05, 4.69) is 21.4 Å². The summed E-state index contributed by atoms with van der Waals surface area (Å²) >= 11 is 5.28. The molecular weight excluding hydrogens is 320 g/mol. The fourth-order valence-electron chi connectivity index (χ4n) is 2.59. The van der Waals surface area contributed by atoms with E-state index in [1.54, 1.807) is 4.57 Å². The molecule has 0 aliphatic carbocycles. The fraction of sp³-hybridized carbons (Fsp3) is 0.389. The van der Waals surface area contributed by atoms with Crippen LogP contribution in [0, 0.1) is 24.0 Å². The van der Waals surface area contributed by atoms with E-state index in [0.717, 1.165) is 11.1 Å². The molecule has 2 aromatic rings. The molecule has 0 radical (unpaired) electrons. The standard InChI is InChI=1S/C18H22N4OS/c1-5-18(6-2,7-3)19-15(23)12-22-16(20-21-17(22)24)14-10-8-9-13(4)11-14/h1,8-11H,6-7,12H2,2-4H3,(H,19,23)(H,21,24). The molecule has 0 aliphatic rings. The number of nitrogens with one attached hydrogen (secondary N) is 2. The van der Waals surface area contributed by atoms with Crippen molar-refractivity contribution >= 4 is 18.1 Å². The Bertz CT molecular complexity index is 824. The van der Waals surface area contributed by atoms with E-state index in [1.807, 2.05) is 45.0 Å². The number of aryl methyl sites for hydroxylation is 1. The summed E-state index contributed by atoms with van der Waals surface area (Å²) in [4.78, 5) is 12.5. The Morgan fingerprint density at radius 2 is 2.17 bits per heavy atom. The average molecular weight is 342 g/mol. The highest BCUT2D eigenvalue weighted by molar-refractivity contribution is 7.71. The van der Waals surface area contributed by atoms with E-state index in [4.69, 9.17) is 18.6 Å². The highest BCUT2D eigenvalue weighted by atomic mass is 32.1. The van der Waals surface area contributed by atoms with Gasteiger partial charge in [0.25, 0.3) is 0 Å². The van der Waals surface area contributed by atoms with Gasteiger partial charge >= 0.3 is 0 Å². The number of aromatic amines is 1. The highest BCUT2D eigenvalue weighted by Crippen LogP contribution is 2.19. The van der Waals surface area contributed by atoms with Gasteiger partial charge in [-0.1, -0.05) is 43.5 Å². The van der Waals surface area contributed by atoms with Gasteiger partial charge < -0.3 is 5.32 Å². The molecule has 0 fully saturated rings. The van der Waals surface area contributed by atoms with Gasteiger partial charge in [-0.05, 0) is 38.0 Å². The van der Waals surface area contributed by atoms with Crippen molar-refractivity contribution in [1.29, 1.82) is 0 Å². The minimum Gasteiger partial charge on any atom is -0.338 e. The number of hydrogen-bond acceptors (Lipinski definition) is 3. The zero-order valence-corrected chi connectivity index (χ0v) is 15.0. The molecule has 1 aromatic carbocycles. The second-order valence-electron chi connectivity index (χ2n) is 5.79. The van der Waals surface area contributed by atoms with Crippen LogP contribution in [0.3, 0.4) is 0 Å². The van der Waals surface area contributed by atoms with Crippen molar-refractivity contribution in [3.05, 3.63) is 34.6 Å². The van der Waals surface area contributed by atoms with E-state index in [0.29, 0.717) is 23.4 Å². The first-order valence-corrected chi connectivity index (χ1v) is 8.36. The number of nitrogens with zero attached hydrogens (tertiary/aromatic N) is 2. The van der Waals surface area contributed by atoms with Crippen LogP contribution in [0.2, 0.25) is 0 Å². The summed E-state index contributed by atoms with van der Waals surface area (Å²) in [7, 11) is 0. The van der Waals surface area contributed by atoms with Crippen molar-refractivity contribution in [3.8, 4) is 23.7 Å². The van der Waals surface area contributed by atoms with Gasteiger partial charge in [-0.25, -0.2) is 0 Å². The average Bonchev–Trinajstić information content (AvgIpc) is 2.93. The number of aromatic nitrogens is 3. The molecule has 5 nitrogen and oxygen atoms in total.